The Bertz CT molecular complexity index is 933. The van der Waals surface area contributed by atoms with Gasteiger partial charge in [0.2, 0.25) is 11.8 Å². The summed E-state index contributed by atoms with van der Waals surface area (Å²) in [5, 5.41) is 15.6. The molecule has 1 aliphatic rings. The lowest BCUT2D eigenvalue weighted by Gasteiger charge is -2.20. The molecule has 0 radical (unpaired) electrons. The van der Waals surface area contributed by atoms with E-state index in [1.54, 1.807) is 0 Å². The molecule has 2 amide bonds. The van der Waals surface area contributed by atoms with Crippen molar-refractivity contribution in [3.05, 3.63) is 29.8 Å². The molecule has 2 aromatic heterocycles. The first-order valence-electron chi connectivity index (χ1n) is 8.53. The van der Waals surface area contributed by atoms with Crippen molar-refractivity contribution < 1.29 is 37.0 Å². The smallest absolute Gasteiger partial charge is 0.434 e. The van der Waals surface area contributed by atoms with Crippen LogP contribution in [0.3, 0.4) is 0 Å². The number of likely N-dealkylation sites (tertiary alicyclic amines) is 1. The van der Waals surface area contributed by atoms with E-state index < -0.39 is 36.1 Å². The lowest BCUT2D eigenvalue weighted by molar-refractivity contribution is -0.141. The molecule has 14 heteroatoms. The Morgan fingerprint density at radius 3 is 2.63 bits per heavy atom. The zero-order valence-corrected chi connectivity index (χ0v) is 15.4. The summed E-state index contributed by atoms with van der Waals surface area (Å²) < 4.78 is 57.5. The number of carboxylic acid groups (broad SMARTS) is 1. The van der Waals surface area contributed by atoms with Gasteiger partial charge in [-0.25, -0.2) is 23.8 Å². The molecule has 2 N–H and O–H groups in total. The van der Waals surface area contributed by atoms with Gasteiger partial charge in [0, 0.05) is 19.2 Å². The molecule has 1 fully saturated rings. The van der Waals surface area contributed by atoms with Crippen LogP contribution in [0.15, 0.2) is 18.6 Å². The number of carbonyl (C=O) groups excluding carboxylic acids is 1. The number of halogens is 4. The van der Waals surface area contributed by atoms with Crippen molar-refractivity contribution in [1.82, 2.24) is 30.0 Å². The van der Waals surface area contributed by atoms with Gasteiger partial charge in [-0.05, 0) is 0 Å². The molecule has 10 nitrogen and oxygen atoms in total. The lowest BCUT2D eigenvalue weighted by Crippen LogP contribution is -2.45. The van der Waals surface area contributed by atoms with Crippen LogP contribution in [0.2, 0.25) is 0 Å². The first kappa shape index (κ1) is 21.3. The SMILES string of the molecule is COc1nn(-c2cnc(C(F)(F)F)cn2)cc1CNC(=O)[C@@H]1C[C@@H](F)CN1C(=O)O. The largest absolute Gasteiger partial charge is 0.480 e. The minimum absolute atomic E-state index is 0.0213. The summed E-state index contributed by atoms with van der Waals surface area (Å²) >= 11 is 0. The number of hydrogen-bond acceptors (Lipinski definition) is 6. The number of nitrogens with one attached hydrogen (secondary N) is 1. The van der Waals surface area contributed by atoms with Crippen LogP contribution in [0.4, 0.5) is 22.4 Å². The van der Waals surface area contributed by atoms with Crippen molar-refractivity contribution in [2.45, 2.75) is 31.4 Å². The average molecular weight is 432 g/mol. The van der Waals surface area contributed by atoms with Crippen molar-refractivity contribution in [2.75, 3.05) is 13.7 Å². The van der Waals surface area contributed by atoms with Crippen molar-refractivity contribution in [1.29, 1.82) is 0 Å². The molecule has 1 saturated heterocycles. The summed E-state index contributed by atoms with van der Waals surface area (Å²) in [7, 11) is 1.30. The summed E-state index contributed by atoms with van der Waals surface area (Å²) in [5.74, 6) is -0.657. The Kier molecular flexibility index (Phi) is 5.75. The number of aromatic nitrogens is 4. The number of alkyl halides is 4. The molecule has 0 aliphatic carbocycles. The minimum atomic E-state index is -4.63. The molecule has 2 atom stereocenters. The normalized spacial score (nSPS) is 19.0. The fraction of sp³-hybridized carbons (Fsp3) is 0.438. The van der Waals surface area contributed by atoms with Crippen LogP contribution in [-0.2, 0) is 17.5 Å². The monoisotopic (exact) mass is 432 g/mol. The lowest BCUT2D eigenvalue weighted by atomic mass is 10.2. The number of ether oxygens (including phenoxy) is 1. The highest BCUT2D eigenvalue weighted by Gasteiger charge is 2.40. The Hall–Kier alpha value is -3.45. The van der Waals surface area contributed by atoms with Gasteiger partial charge in [0.15, 0.2) is 11.5 Å². The third kappa shape index (κ3) is 4.41. The fourth-order valence-electron chi connectivity index (χ4n) is 2.94. The van der Waals surface area contributed by atoms with Crippen molar-refractivity contribution in [2.24, 2.45) is 0 Å². The maximum Gasteiger partial charge on any atom is 0.434 e. The summed E-state index contributed by atoms with van der Waals surface area (Å²) in [6.45, 7) is -0.530. The summed E-state index contributed by atoms with van der Waals surface area (Å²) in [4.78, 5) is 31.1. The van der Waals surface area contributed by atoms with E-state index in [0.29, 0.717) is 11.8 Å². The molecular weight excluding hydrogens is 416 g/mol. The summed E-state index contributed by atoms with van der Waals surface area (Å²) in [6.07, 6.45) is -4.94. The minimum Gasteiger partial charge on any atom is -0.480 e. The Labute approximate surface area is 166 Å². The molecule has 3 heterocycles. The zero-order valence-electron chi connectivity index (χ0n) is 15.4. The quantitative estimate of drug-likeness (QED) is 0.685. The molecular formula is C16H16F4N6O4. The highest BCUT2D eigenvalue weighted by molar-refractivity contribution is 5.86. The number of rotatable bonds is 5. The second-order valence-electron chi connectivity index (χ2n) is 6.37. The van der Waals surface area contributed by atoms with Crippen LogP contribution in [-0.4, -0.2) is 67.6 Å². The topological polar surface area (TPSA) is 122 Å². The molecule has 3 rings (SSSR count). The molecule has 0 bridgehead atoms. The number of carbonyl (C=O) groups is 2. The Morgan fingerprint density at radius 1 is 1.33 bits per heavy atom. The van der Waals surface area contributed by atoms with Gasteiger partial charge in [-0.15, -0.1) is 5.10 Å². The molecule has 30 heavy (non-hydrogen) atoms. The van der Waals surface area contributed by atoms with Gasteiger partial charge < -0.3 is 15.2 Å². The van der Waals surface area contributed by atoms with Crippen LogP contribution in [0.1, 0.15) is 17.7 Å². The Balaban J connectivity index is 1.72. The third-order valence-electron chi connectivity index (χ3n) is 4.36. The predicted octanol–water partition coefficient (Wildman–Crippen LogP) is 1.40. The molecule has 1 aliphatic heterocycles. The van der Waals surface area contributed by atoms with E-state index in [1.807, 2.05) is 0 Å². The van der Waals surface area contributed by atoms with Crippen molar-refractivity contribution >= 4 is 12.0 Å². The van der Waals surface area contributed by atoms with E-state index in [4.69, 9.17) is 9.84 Å². The maximum atomic E-state index is 13.5. The van der Waals surface area contributed by atoms with E-state index >= 15 is 0 Å². The number of hydrogen-bond donors (Lipinski definition) is 2. The van der Waals surface area contributed by atoms with Gasteiger partial charge >= 0.3 is 12.3 Å². The van der Waals surface area contributed by atoms with Crippen LogP contribution >= 0.6 is 0 Å². The summed E-state index contributed by atoms with van der Waals surface area (Å²) in [5.41, 5.74) is -0.826. The van der Waals surface area contributed by atoms with E-state index in [9.17, 15) is 27.2 Å². The number of methoxy groups -OCH3 is 1. The predicted molar refractivity (Wildman–Crippen MR) is 90.6 cm³/mol. The van der Waals surface area contributed by atoms with E-state index in [2.05, 4.69) is 20.4 Å². The van der Waals surface area contributed by atoms with Gasteiger partial charge in [-0.2, -0.15) is 13.2 Å². The van der Waals surface area contributed by atoms with Crippen LogP contribution < -0.4 is 10.1 Å². The average Bonchev–Trinajstić information content (AvgIpc) is 3.29. The third-order valence-corrected chi connectivity index (χ3v) is 4.36. The van der Waals surface area contributed by atoms with Gasteiger partial charge in [-0.3, -0.25) is 9.69 Å². The van der Waals surface area contributed by atoms with E-state index in [-0.39, 0.29) is 31.2 Å². The van der Waals surface area contributed by atoms with E-state index in [1.165, 1.54) is 13.3 Å². The van der Waals surface area contributed by atoms with Gasteiger partial charge in [0.05, 0.1) is 31.6 Å². The van der Waals surface area contributed by atoms with Crippen LogP contribution in [0.25, 0.3) is 5.82 Å². The zero-order chi connectivity index (χ0) is 22.1. The highest BCUT2D eigenvalue weighted by atomic mass is 19.4. The maximum absolute atomic E-state index is 13.5. The number of amides is 2. The fourth-order valence-corrected chi connectivity index (χ4v) is 2.94. The van der Waals surface area contributed by atoms with Crippen LogP contribution in [0.5, 0.6) is 5.88 Å². The standard InChI is InChI=1S/C16H16F4N6O4/c1-30-14-8(3-23-13(27)10-2-9(17)7-25(10)15(28)29)6-26(24-14)12-5-21-11(4-22-12)16(18,19)20/h4-6,9-10H,2-3,7H2,1H3,(H,23,27)(H,28,29)/t9-,10+/m1/s1. The molecule has 162 valence electrons. The van der Waals surface area contributed by atoms with Crippen molar-refractivity contribution in [3.63, 3.8) is 0 Å². The molecule has 0 spiro atoms. The highest BCUT2D eigenvalue weighted by Crippen LogP contribution is 2.27. The molecule has 0 aromatic carbocycles. The first-order valence-corrected chi connectivity index (χ1v) is 8.53. The van der Waals surface area contributed by atoms with Gasteiger partial charge in [0.1, 0.15) is 12.2 Å². The van der Waals surface area contributed by atoms with Gasteiger partial charge in [0.25, 0.3) is 0 Å². The molecule has 0 saturated carbocycles. The molecule has 0 unspecified atom stereocenters. The summed E-state index contributed by atoms with van der Waals surface area (Å²) in [6, 6.07) is -1.17. The van der Waals surface area contributed by atoms with E-state index in [0.717, 1.165) is 15.8 Å². The number of nitrogens with zero attached hydrogens (tertiary/aromatic N) is 5. The van der Waals surface area contributed by atoms with Gasteiger partial charge in [-0.1, -0.05) is 0 Å². The molecule has 2 aromatic rings. The second kappa shape index (κ2) is 8.12. The second-order valence-corrected chi connectivity index (χ2v) is 6.37. The first-order chi connectivity index (χ1) is 14.1. The van der Waals surface area contributed by atoms with Crippen molar-refractivity contribution in [3.8, 4) is 11.7 Å². The van der Waals surface area contributed by atoms with Crippen LogP contribution in [0, 0.1) is 0 Å². The Morgan fingerprint density at radius 2 is 2.07 bits per heavy atom.